The van der Waals surface area contributed by atoms with E-state index in [2.05, 4.69) is 19.6 Å². The van der Waals surface area contributed by atoms with Crippen LogP contribution in [0.2, 0.25) is 0 Å². The zero-order chi connectivity index (χ0) is 14.6. The first-order chi connectivity index (χ1) is 10.1. The molecule has 0 N–H and O–H groups in total. The van der Waals surface area contributed by atoms with Crippen molar-refractivity contribution in [1.82, 2.24) is 0 Å². The summed E-state index contributed by atoms with van der Waals surface area (Å²) in [6.45, 7) is 6.65. The van der Waals surface area contributed by atoms with Gasteiger partial charge in [-0.05, 0) is 74.0 Å². The summed E-state index contributed by atoms with van der Waals surface area (Å²) in [5.74, 6) is 3.86. The van der Waals surface area contributed by atoms with Crippen molar-refractivity contribution in [1.29, 1.82) is 0 Å². The summed E-state index contributed by atoms with van der Waals surface area (Å²) < 4.78 is 0. The number of hydrogen-bond donors (Lipinski definition) is 0. The molecule has 2 fully saturated rings. The standard InChI is InChI=1S/C20H28O/c1-3-14-5-9-19-18-7-4-13-12-15(21)6-8-16(13)17(18)10-11-20(14,19)2/h3,14,17-19H,1,4-12H2,2H3/t14-,17?,18?,19?,20?/m0/s1. The molecule has 0 heterocycles. The van der Waals surface area contributed by atoms with E-state index in [0.717, 1.165) is 42.9 Å². The second-order valence-electron chi connectivity index (χ2n) is 8.22. The second-order valence-corrected chi connectivity index (χ2v) is 8.22. The third-order valence-corrected chi connectivity index (χ3v) is 7.56. The monoisotopic (exact) mass is 284 g/mol. The van der Waals surface area contributed by atoms with Gasteiger partial charge in [0.05, 0.1) is 0 Å². The van der Waals surface area contributed by atoms with E-state index in [1.807, 2.05) is 0 Å². The van der Waals surface area contributed by atoms with Gasteiger partial charge in [-0.25, -0.2) is 0 Å². The van der Waals surface area contributed by atoms with Crippen molar-refractivity contribution in [2.75, 3.05) is 0 Å². The first-order valence-electron chi connectivity index (χ1n) is 8.98. The van der Waals surface area contributed by atoms with Crippen LogP contribution in [-0.4, -0.2) is 5.78 Å². The molecule has 0 aromatic carbocycles. The number of carbonyl (C=O) groups excluding carboxylic acids is 1. The van der Waals surface area contributed by atoms with E-state index in [1.165, 1.54) is 38.5 Å². The van der Waals surface area contributed by atoms with Crippen LogP contribution >= 0.6 is 0 Å². The van der Waals surface area contributed by atoms with Crippen LogP contribution in [0.3, 0.4) is 0 Å². The minimum absolute atomic E-state index is 0.487. The summed E-state index contributed by atoms with van der Waals surface area (Å²) in [6.07, 6.45) is 13.0. The number of rotatable bonds is 1. The third-order valence-electron chi connectivity index (χ3n) is 7.56. The van der Waals surface area contributed by atoms with Crippen molar-refractivity contribution in [3.63, 3.8) is 0 Å². The average molecular weight is 284 g/mol. The van der Waals surface area contributed by atoms with Crippen LogP contribution in [0.5, 0.6) is 0 Å². The predicted molar refractivity (Wildman–Crippen MR) is 85.9 cm³/mol. The van der Waals surface area contributed by atoms with E-state index in [4.69, 9.17) is 0 Å². The van der Waals surface area contributed by atoms with Crippen molar-refractivity contribution >= 4 is 5.78 Å². The Hall–Kier alpha value is -0.850. The van der Waals surface area contributed by atoms with Crippen molar-refractivity contribution in [3.8, 4) is 0 Å². The van der Waals surface area contributed by atoms with Gasteiger partial charge in [-0.15, -0.1) is 6.58 Å². The molecule has 0 aliphatic heterocycles. The van der Waals surface area contributed by atoms with Crippen LogP contribution in [0.25, 0.3) is 0 Å². The molecule has 0 saturated heterocycles. The van der Waals surface area contributed by atoms with Crippen LogP contribution in [0.1, 0.15) is 64.7 Å². The van der Waals surface area contributed by atoms with Gasteiger partial charge in [0, 0.05) is 12.8 Å². The number of hydrogen-bond acceptors (Lipinski definition) is 1. The maximum Gasteiger partial charge on any atom is 0.137 e. The molecule has 1 nitrogen and oxygen atoms in total. The number of carbonyl (C=O) groups is 1. The maximum atomic E-state index is 11.7. The summed E-state index contributed by atoms with van der Waals surface area (Å²) in [6, 6.07) is 0. The van der Waals surface area contributed by atoms with Gasteiger partial charge in [-0.3, -0.25) is 4.79 Å². The van der Waals surface area contributed by atoms with Gasteiger partial charge in [0.25, 0.3) is 0 Å². The predicted octanol–water partition coefficient (Wildman–Crippen LogP) is 5.07. The van der Waals surface area contributed by atoms with E-state index >= 15 is 0 Å². The molecule has 0 amide bonds. The molecular formula is C20H28O. The summed E-state index contributed by atoms with van der Waals surface area (Å²) in [5.41, 5.74) is 3.80. The number of Topliss-reactive ketones (excluding diaryl/α,β-unsaturated/α-hetero) is 1. The SMILES string of the molecule is C=C[C@H]1CCC2C3CCC4=C(CCC(=O)C4)C3CCC21C. The van der Waals surface area contributed by atoms with Crippen LogP contribution in [-0.2, 0) is 4.79 Å². The first-order valence-corrected chi connectivity index (χ1v) is 8.98. The average Bonchev–Trinajstić information content (AvgIpc) is 2.83. The van der Waals surface area contributed by atoms with Gasteiger partial charge in [-0.2, -0.15) is 0 Å². The Bertz CT molecular complexity index is 514. The molecule has 0 bridgehead atoms. The first kappa shape index (κ1) is 13.8. The Morgan fingerprint density at radius 2 is 2.00 bits per heavy atom. The molecule has 1 heteroatoms. The fraction of sp³-hybridized carbons (Fsp3) is 0.750. The third kappa shape index (κ3) is 1.92. The molecule has 5 atom stereocenters. The molecule has 4 rings (SSSR count). The molecule has 4 unspecified atom stereocenters. The lowest BCUT2D eigenvalue weighted by molar-refractivity contribution is -0.119. The smallest absolute Gasteiger partial charge is 0.137 e. The molecule has 0 spiro atoms. The topological polar surface area (TPSA) is 17.1 Å². The van der Waals surface area contributed by atoms with Gasteiger partial charge < -0.3 is 0 Å². The fourth-order valence-corrected chi connectivity index (χ4v) is 6.48. The zero-order valence-corrected chi connectivity index (χ0v) is 13.4. The second kappa shape index (κ2) is 4.83. The van der Waals surface area contributed by atoms with Crippen molar-refractivity contribution in [2.24, 2.45) is 29.1 Å². The zero-order valence-electron chi connectivity index (χ0n) is 13.4. The van der Waals surface area contributed by atoms with E-state index in [0.29, 0.717) is 11.2 Å². The molecule has 4 aliphatic rings. The van der Waals surface area contributed by atoms with Crippen LogP contribution < -0.4 is 0 Å². The van der Waals surface area contributed by atoms with E-state index in [-0.39, 0.29) is 0 Å². The molecule has 0 aromatic heterocycles. The van der Waals surface area contributed by atoms with Crippen molar-refractivity contribution < 1.29 is 4.79 Å². The molecule has 21 heavy (non-hydrogen) atoms. The maximum absolute atomic E-state index is 11.7. The molecule has 114 valence electrons. The Morgan fingerprint density at radius 1 is 1.14 bits per heavy atom. The summed E-state index contributed by atoms with van der Waals surface area (Å²) >= 11 is 0. The van der Waals surface area contributed by atoms with Crippen molar-refractivity contribution in [2.45, 2.75) is 64.7 Å². The van der Waals surface area contributed by atoms with Gasteiger partial charge in [-0.1, -0.05) is 24.1 Å². The number of ketones is 1. The highest BCUT2D eigenvalue weighted by atomic mass is 16.1. The lowest BCUT2D eigenvalue weighted by atomic mass is 9.53. The molecule has 0 aromatic rings. The van der Waals surface area contributed by atoms with Crippen LogP contribution in [0.15, 0.2) is 23.8 Å². The largest absolute Gasteiger partial charge is 0.299 e. The Labute approximate surface area is 128 Å². The number of fused-ring (bicyclic) bond motifs is 4. The van der Waals surface area contributed by atoms with Gasteiger partial charge in [0.1, 0.15) is 5.78 Å². The highest BCUT2D eigenvalue weighted by Gasteiger charge is 2.54. The van der Waals surface area contributed by atoms with E-state index in [1.54, 1.807) is 11.1 Å². The van der Waals surface area contributed by atoms with Crippen LogP contribution in [0, 0.1) is 29.1 Å². The minimum Gasteiger partial charge on any atom is -0.299 e. The van der Waals surface area contributed by atoms with E-state index < -0.39 is 0 Å². The summed E-state index contributed by atoms with van der Waals surface area (Å²) in [4.78, 5) is 11.7. The van der Waals surface area contributed by atoms with Gasteiger partial charge >= 0.3 is 0 Å². The lowest BCUT2D eigenvalue weighted by Gasteiger charge is -2.52. The Balaban J connectivity index is 1.64. The molecule has 4 aliphatic carbocycles. The minimum atomic E-state index is 0.487. The van der Waals surface area contributed by atoms with E-state index in [9.17, 15) is 4.79 Å². The molecule has 2 saturated carbocycles. The number of allylic oxidation sites excluding steroid dienone is 3. The molecular weight excluding hydrogens is 256 g/mol. The lowest BCUT2D eigenvalue weighted by Crippen LogP contribution is -2.43. The highest BCUT2D eigenvalue weighted by Crippen LogP contribution is 2.63. The summed E-state index contributed by atoms with van der Waals surface area (Å²) in [7, 11) is 0. The Kier molecular flexibility index (Phi) is 3.17. The normalized spacial score (nSPS) is 45.9. The van der Waals surface area contributed by atoms with Crippen molar-refractivity contribution in [3.05, 3.63) is 23.8 Å². The molecule has 0 radical (unpaired) electrons. The summed E-state index contributed by atoms with van der Waals surface area (Å²) in [5, 5.41) is 0. The van der Waals surface area contributed by atoms with Crippen LogP contribution in [0.4, 0.5) is 0 Å². The van der Waals surface area contributed by atoms with Gasteiger partial charge in [0.2, 0.25) is 0 Å². The Morgan fingerprint density at radius 3 is 2.81 bits per heavy atom. The van der Waals surface area contributed by atoms with Gasteiger partial charge in [0.15, 0.2) is 0 Å². The quantitative estimate of drug-likeness (QED) is 0.614. The highest BCUT2D eigenvalue weighted by molar-refractivity contribution is 5.82. The fourth-order valence-electron chi connectivity index (χ4n) is 6.48.